The smallest absolute Gasteiger partial charge is 0.269 e. The van der Waals surface area contributed by atoms with Crippen LogP contribution in [-0.2, 0) is 9.59 Å². The van der Waals surface area contributed by atoms with E-state index in [-0.39, 0.29) is 17.1 Å². The van der Waals surface area contributed by atoms with Gasteiger partial charge in [0, 0.05) is 24.5 Å². The number of carbonyl (C=O) groups is 3. The second kappa shape index (κ2) is 7.43. The molecular weight excluding hydrogens is 306 g/mol. The van der Waals surface area contributed by atoms with Gasteiger partial charge >= 0.3 is 0 Å². The van der Waals surface area contributed by atoms with Crippen molar-refractivity contribution in [3.63, 3.8) is 0 Å². The van der Waals surface area contributed by atoms with Crippen LogP contribution in [0.1, 0.15) is 68.8 Å². The van der Waals surface area contributed by atoms with E-state index in [4.69, 9.17) is 0 Å². The van der Waals surface area contributed by atoms with E-state index < -0.39 is 11.8 Å². The second-order valence-corrected chi connectivity index (χ2v) is 6.08. The Balaban J connectivity index is 2.45. The number of rotatable bonds is 6. The van der Waals surface area contributed by atoms with Crippen LogP contribution in [0.15, 0.2) is 24.0 Å². The fourth-order valence-corrected chi connectivity index (χ4v) is 2.92. The minimum Gasteiger partial charge on any atom is -0.511 e. The summed E-state index contributed by atoms with van der Waals surface area (Å²) in [7, 11) is 0. The van der Waals surface area contributed by atoms with Crippen LogP contribution < -0.4 is 4.90 Å². The van der Waals surface area contributed by atoms with Crippen LogP contribution in [0.5, 0.6) is 0 Å². The number of anilines is 1. The van der Waals surface area contributed by atoms with Crippen LogP contribution in [0.25, 0.3) is 5.57 Å². The Kier molecular flexibility index (Phi) is 5.54. The molecule has 0 saturated heterocycles. The summed E-state index contributed by atoms with van der Waals surface area (Å²) in [5, 5.41) is 10.4. The SMILES string of the molecule is CCCCCCC(O)=C1C(=O)N(C(C)=O)c2ccc(C(C)=O)cc21. The van der Waals surface area contributed by atoms with E-state index in [1.807, 2.05) is 0 Å². The lowest BCUT2D eigenvalue weighted by Gasteiger charge is -2.12. The standard InChI is InChI=1S/C19H23NO4/c1-4-5-6-7-8-17(23)18-15-11-14(12(2)21)9-10-16(15)20(13(3)22)19(18)24/h9-11,23H,4-8H2,1-3H3. The van der Waals surface area contributed by atoms with Gasteiger partial charge in [-0.3, -0.25) is 14.4 Å². The number of benzene rings is 1. The molecule has 0 unspecified atom stereocenters. The third-order valence-corrected chi connectivity index (χ3v) is 4.20. The molecule has 0 aliphatic carbocycles. The maximum absolute atomic E-state index is 12.6. The third-order valence-electron chi connectivity index (χ3n) is 4.20. The van der Waals surface area contributed by atoms with Crippen molar-refractivity contribution in [1.29, 1.82) is 0 Å². The van der Waals surface area contributed by atoms with Crippen LogP contribution in [-0.4, -0.2) is 22.7 Å². The molecule has 0 aromatic heterocycles. The molecule has 1 heterocycles. The van der Waals surface area contributed by atoms with Crippen molar-refractivity contribution in [3.05, 3.63) is 35.1 Å². The zero-order valence-electron chi connectivity index (χ0n) is 14.4. The summed E-state index contributed by atoms with van der Waals surface area (Å²) in [5.74, 6) is -1.08. The minimum atomic E-state index is -0.522. The molecule has 5 nitrogen and oxygen atoms in total. The quantitative estimate of drug-likeness (QED) is 0.370. The number of amides is 2. The molecule has 0 atom stereocenters. The number of hydrogen-bond acceptors (Lipinski definition) is 4. The van der Waals surface area contributed by atoms with Gasteiger partial charge in [-0.2, -0.15) is 0 Å². The molecule has 5 heteroatoms. The first-order valence-corrected chi connectivity index (χ1v) is 8.31. The summed E-state index contributed by atoms with van der Waals surface area (Å²) in [5.41, 5.74) is 1.46. The van der Waals surface area contributed by atoms with E-state index in [0.717, 1.165) is 30.6 Å². The Bertz CT molecular complexity index is 718. The van der Waals surface area contributed by atoms with Crippen molar-refractivity contribution >= 4 is 28.9 Å². The van der Waals surface area contributed by atoms with Gasteiger partial charge in [0.25, 0.3) is 5.91 Å². The summed E-state index contributed by atoms with van der Waals surface area (Å²) in [6.07, 6.45) is 4.29. The summed E-state index contributed by atoms with van der Waals surface area (Å²) in [6, 6.07) is 4.75. The molecule has 0 radical (unpaired) electrons. The van der Waals surface area contributed by atoms with E-state index >= 15 is 0 Å². The highest BCUT2D eigenvalue weighted by atomic mass is 16.3. The Morgan fingerprint density at radius 1 is 1.12 bits per heavy atom. The highest BCUT2D eigenvalue weighted by molar-refractivity contribution is 6.40. The van der Waals surface area contributed by atoms with Crippen molar-refractivity contribution in [2.75, 3.05) is 4.90 Å². The first-order chi connectivity index (χ1) is 11.4. The van der Waals surface area contributed by atoms with Crippen LogP contribution in [0.4, 0.5) is 5.69 Å². The molecule has 2 amide bonds. The van der Waals surface area contributed by atoms with Gasteiger partial charge in [-0.05, 0) is 31.5 Å². The zero-order valence-corrected chi connectivity index (χ0v) is 14.4. The fourth-order valence-electron chi connectivity index (χ4n) is 2.92. The summed E-state index contributed by atoms with van der Waals surface area (Å²) in [6.45, 7) is 4.85. The van der Waals surface area contributed by atoms with Gasteiger partial charge in [0.1, 0.15) is 5.76 Å². The lowest BCUT2D eigenvalue weighted by Crippen LogP contribution is -2.31. The van der Waals surface area contributed by atoms with Gasteiger partial charge in [-0.15, -0.1) is 0 Å². The van der Waals surface area contributed by atoms with Crippen LogP contribution in [0.3, 0.4) is 0 Å². The van der Waals surface area contributed by atoms with Gasteiger partial charge in [-0.25, -0.2) is 4.90 Å². The van der Waals surface area contributed by atoms with Crippen molar-refractivity contribution in [2.24, 2.45) is 0 Å². The fraction of sp³-hybridized carbons (Fsp3) is 0.421. The molecule has 0 spiro atoms. The lowest BCUT2D eigenvalue weighted by atomic mass is 9.99. The number of unbranched alkanes of at least 4 members (excludes halogenated alkanes) is 3. The van der Waals surface area contributed by atoms with Crippen LogP contribution >= 0.6 is 0 Å². The Morgan fingerprint density at radius 2 is 1.83 bits per heavy atom. The monoisotopic (exact) mass is 329 g/mol. The number of carbonyl (C=O) groups excluding carboxylic acids is 3. The molecule has 0 saturated carbocycles. The number of aliphatic hydroxyl groups excluding tert-OH is 1. The average Bonchev–Trinajstić information content (AvgIpc) is 2.82. The van der Waals surface area contributed by atoms with Crippen molar-refractivity contribution in [1.82, 2.24) is 0 Å². The first-order valence-electron chi connectivity index (χ1n) is 8.31. The number of nitrogens with zero attached hydrogens (tertiary/aromatic N) is 1. The number of ketones is 1. The summed E-state index contributed by atoms with van der Waals surface area (Å²) < 4.78 is 0. The molecule has 0 bridgehead atoms. The van der Waals surface area contributed by atoms with E-state index in [0.29, 0.717) is 23.2 Å². The molecular formula is C19H23NO4. The van der Waals surface area contributed by atoms with Gasteiger partial charge in [0.05, 0.1) is 11.3 Å². The van der Waals surface area contributed by atoms with E-state index in [2.05, 4.69) is 6.92 Å². The predicted octanol–water partition coefficient (Wildman–Crippen LogP) is 4.02. The second-order valence-electron chi connectivity index (χ2n) is 6.08. The number of allylic oxidation sites excluding steroid dienone is 1. The Labute approximate surface area is 142 Å². The molecule has 0 fully saturated rings. The van der Waals surface area contributed by atoms with Crippen LogP contribution in [0.2, 0.25) is 0 Å². The number of aliphatic hydroxyl groups is 1. The molecule has 1 aromatic carbocycles. The van der Waals surface area contributed by atoms with Gasteiger partial charge in [-0.1, -0.05) is 26.2 Å². The predicted molar refractivity (Wildman–Crippen MR) is 92.9 cm³/mol. The molecule has 1 aliphatic rings. The topological polar surface area (TPSA) is 74.7 Å². The summed E-state index contributed by atoms with van der Waals surface area (Å²) in [4.78, 5) is 37.1. The van der Waals surface area contributed by atoms with E-state index in [9.17, 15) is 19.5 Å². The lowest BCUT2D eigenvalue weighted by molar-refractivity contribution is -0.122. The zero-order chi connectivity index (χ0) is 17.9. The summed E-state index contributed by atoms with van der Waals surface area (Å²) >= 11 is 0. The maximum Gasteiger partial charge on any atom is 0.269 e. The third kappa shape index (κ3) is 3.40. The minimum absolute atomic E-state index is 0.0122. The highest BCUT2D eigenvalue weighted by Crippen LogP contribution is 2.39. The Morgan fingerprint density at radius 3 is 2.42 bits per heavy atom. The normalized spacial score (nSPS) is 15.5. The van der Waals surface area contributed by atoms with Gasteiger partial charge < -0.3 is 5.11 Å². The number of hydrogen-bond donors (Lipinski definition) is 1. The number of imide groups is 1. The molecule has 24 heavy (non-hydrogen) atoms. The molecule has 2 rings (SSSR count). The number of Topliss-reactive ketones (excluding diaryl/α,β-unsaturated/α-hetero) is 1. The van der Waals surface area contributed by atoms with E-state index in [1.54, 1.807) is 18.2 Å². The first kappa shape index (κ1) is 17.9. The molecule has 1 N–H and O–H groups in total. The average molecular weight is 329 g/mol. The van der Waals surface area contributed by atoms with Gasteiger partial charge in [0.2, 0.25) is 5.91 Å². The van der Waals surface area contributed by atoms with E-state index in [1.165, 1.54) is 13.8 Å². The van der Waals surface area contributed by atoms with Crippen LogP contribution in [0, 0.1) is 0 Å². The van der Waals surface area contributed by atoms with Crippen molar-refractivity contribution in [2.45, 2.75) is 52.9 Å². The van der Waals surface area contributed by atoms with Gasteiger partial charge in [0.15, 0.2) is 5.78 Å². The molecule has 1 aromatic rings. The van der Waals surface area contributed by atoms with Crippen molar-refractivity contribution < 1.29 is 19.5 Å². The maximum atomic E-state index is 12.6. The molecule has 1 aliphatic heterocycles. The molecule has 128 valence electrons. The largest absolute Gasteiger partial charge is 0.511 e. The Hall–Kier alpha value is -2.43. The number of fused-ring (bicyclic) bond motifs is 1. The van der Waals surface area contributed by atoms with Crippen molar-refractivity contribution in [3.8, 4) is 0 Å². The highest BCUT2D eigenvalue weighted by Gasteiger charge is 2.37.